The van der Waals surface area contributed by atoms with Gasteiger partial charge in [0.15, 0.2) is 0 Å². The summed E-state index contributed by atoms with van der Waals surface area (Å²) in [5.41, 5.74) is 0.516. The maximum Gasteiger partial charge on any atom is 0.148 e. The van der Waals surface area contributed by atoms with E-state index in [-0.39, 0.29) is 17.9 Å². The molecule has 0 aliphatic rings. The van der Waals surface area contributed by atoms with Crippen molar-refractivity contribution in [1.82, 2.24) is 25.1 Å². The number of halogens is 1. The van der Waals surface area contributed by atoms with Gasteiger partial charge in [0.1, 0.15) is 18.0 Å². The van der Waals surface area contributed by atoms with Gasteiger partial charge in [0.05, 0.1) is 12.2 Å². The van der Waals surface area contributed by atoms with Crippen molar-refractivity contribution in [3.8, 4) is 0 Å². The monoisotopic (exact) mass is 249 g/mol. The second kappa shape index (κ2) is 5.22. The molecule has 2 aromatic rings. The van der Waals surface area contributed by atoms with Gasteiger partial charge in [-0.05, 0) is 27.0 Å². The lowest BCUT2D eigenvalue weighted by molar-refractivity contribution is 0.468. The summed E-state index contributed by atoms with van der Waals surface area (Å²) in [4.78, 5) is 7.98. The van der Waals surface area contributed by atoms with Crippen LogP contribution in [0.25, 0.3) is 0 Å². The Kier molecular flexibility index (Phi) is 3.66. The van der Waals surface area contributed by atoms with Gasteiger partial charge in [-0.15, -0.1) is 0 Å². The fraction of sp³-hybridized carbons (Fsp3) is 0.417. The molecule has 0 amide bonds. The molecule has 0 aliphatic carbocycles. The third kappa shape index (κ3) is 2.24. The van der Waals surface area contributed by atoms with E-state index in [9.17, 15) is 4.39 Å². The van der Waals surface area contributed by atoms with Crippen LogP contribution in [0.2, 0.25) is 0 Å². The molecule has 2 rings (SSSR count). The fourth-order valence-corrected chi connectivity index (χ4v) is 1.91. The van der Waals surface area contributed by atoms with E-state index in [1.54, 1.807) is 24.0 Å². The summed E-state index contributed by atoms with van der Waals surface area (Å²) >= 11 is 0. The minimum absolute atomic E-state index is 0.170. The molecule has 6 heteroatoms. The van der Waals surface area contributed by atoms with Crippen LogP contribution < -0.4 is 5.32 Å². The van der Waals surface area contributed by atoms with Gasteiger partial charge >= 0.3 is 0 Å². The Bertz CT molecular complexity index is 523. The highest BCUT2D eigenvalue weighted by atomic mass is 19.1. The van der Waals surface area contributed by atoms with E-state index in [1.807, 2.05) is 13.8 Å². The molecular formula is C12H16FN5. The minimum Gasteiger partial charge on any atom is -0.307 e. The molecule has 5 nitrogen and oxygen atoms in total. The average molecular weight is 249 g/mol. The maximum absolute atomic E-state index is 13.8. The highest BCUT2D eigenvalue weighted by molar-refractivity contribution is 5.23. The molecule has 18 heavy (non-hydrogen) atoms. The van der Waals surface area contributed by atoms with Gasteiger partial charge in [0, 0.05) is 17.8 Å². The maximum atomic E-state index is 13.8. The van der Waals surface area contributed by atoms with Crippen molar-refractivity contribution in [2.75, 3.05) is 7.05 Å². The van der Waals surface area contributed by atoms with E-state index >= 15 is 0 Å². The van der Waals surface area contributed by atoms with Crippen molar-refractivity contribution in [2.24, 2.45) is 0 Å². The molecule has 0 saturated carbocycles. The van der Waals surface area contributed by atoms with Crippen LogP contribution in [0.15, 0.2) is 24.8 Å². The summed E-state index contributed by atoms with van der Waals surface area (Å²) in [6.45, 7) is 4.02. The topological polar surface area (TPSA) is 55.6 Å². The lowest BCUT2D eigenvalue weighted by Gasteiger charge is -2.19. The largest absolute Gasteiger partial charge is 0.307 e. The molecule has 2 aromatic heterocycles. The Morgan fingerprint density at radius 1 is 1.39 bits per heavy atom. The molecule has 0 aromatic carbocycles. The van der Waals surface area contributed by atoms with E-state index in [1.165, 1.54) is 12.5 Å². The summed E-state index contributed by atoms with van der Waals surface area (Å²) < 4.78 is 15.6. The first kappa shape index (κ1) is 12.6. The average Bonchev–Trinajstić information content (AvgIpc) is 2.82. The number of rotatable bonds is 4. The van der Waals surface area contributed by atoms with Crippen molar-refractivity contribution in [3.05, 3.63) is 42.0 Å². The zero-order valence-electron chi connectivity index (χ0n) is 10.6. The summed E-state index contributed by atoms with van der Waals surface area (Å²) in [5.74, 6) is 0.341. The number of nitrogens with zero attached hydrogens (tertiary/aromatic N) is 4. The quantitative estimate of drug-likeness (QED) is 0.896. The summed E-state index contributed by atoms with van der Waals surface area (Å²) in [6, 6.07) is 1.48. The molecule has 0 spiro atoms. The molecule has 2 heterocycles. The molecule has 0 fully saturated rings. The lowest BCUT2D eigenvalue weighted by atomic mass is 10.1. The van der Waals surface area contributed by atoms with E-state index in [0.717, 1.165) is 0 Å². The van der Waals surface area contributed by atoms with E-state index in [2.05, 4.69) is 20.4 Å². The van der Waals surface area contributed by atoms with Crippen LogP contribution in [0.4, 0.5) is 4.39 Å². The number of hydrogen-bond donors (Lipinski definition) is 1. The first-order valence-corrected chi connectivity index (χ1v) is 5.81. The molecule has 0 radical (unpaired) electrons. The zero-order chi connectivity index (χ0) is 13.1. The normalized spacial score (nSPS) is 12.9. The van der Waals surface area contributed by atoms with Crippen LogP contribution in [0, 0.1) is 5.82 Å². The van der Waals surface area contributed by atoms with Gasteiger partial charge < -0.3 is 5.32 Å². The van der Waals surface area contributed by atoms with Crippen LogP contribution >= 0.6 is 0 Å². The Balaban J connectivity index is 2.46. The van der Waals surface area contributed by atoms with E-state index in [0.29, 0.717) is 11.4 Å². The van der Waals surface area contributed by atoms with Crippen molar-refractivity contribution in [1.29, 1.82) is 0 Å². The third-order valence-electron chi connectivity index (χ3n) is 2.75. The Labute approximate surface area is 105 Å². The highest BCUT2D eigenvalue weighted by Gasteiger charge is 2.22. The summed E-state index contributed by atoms with van der Waals surface area (Å²) in [5, 5.41) is 7.23. The molecule has 1 unspecified atom stereocenters. The van der Waals surface area contributed by atoms with Crippen molar-refractivity contribution >= 4 is 0 Å². The second-order valence-corrected chi connectivity index (χ2v) is 4.28. The summed E-state index contributed by atoms with van der Waals surface area (Å²) in [7, 11) is 1.77. The molecule has 0 aliphatic heterocycles. The number of hydrogen-bond acceptors (Lipinski definition) is 4. The number of nitrogens with one attached hydrogen (secondary N) is 1. The highest BCUT2D eigenvalue weighted by Crippen LogP contribution is 2.23. The first-order valence-electron chi connectivity index (χ1n) is 5.81. The van der Waals surface area contributed by atoms with Crippen LogP contribution in [0.3, 0.4) is 0 Å². The molecule has 0 saturated heterocycles. The van der Waals surface area contributed by atoms with Crippen molar-refractivity contribution in [2.45, 2.75) is 25.9 Å². The van der Waals surface area contributed by atoms with E-state index in [4.69, 9.17) is 0 Å². The van der Waals surface area contributed by atoms with Gasteiger partial charge in [-0.3, -0.25) is 4.98 Å². The smallest absolute Gasteiger partial charge is 0.148 e. The Morgan fingerprint density at radius 3 is 2.78 bits per heavy atom. The van der Waals surface area contributed by atoms with Gasteiger partial charge in [0.2, 0.25) is 0 Å². The zero-order valence-corrected chi connectivity index (χ0v) is 10.6. The molecule has 1 atom stereocenters. The predicted octanol–water partition coefficient (Wildman–Crippen LogP) is 1.70. The van der Waals surface area contributed by atoms with Crippen molar-refractivity contribution in [3.63, 3.8) is 0 Å². The molecule has 1 N–H and O–H groups in total. The fourth-order valence-electron chi connectivity index (χ4n) is 1.91. The van der Waals surface area contributed by atoms with Crippen LogP contribution in [-0.2, 0) is 0 Å². The lowest BCUT2D eigenvalue weighted by Crippen LogP contribution is -2.24. The van der Waals surface area contributed by atoms with Crippen LogP contribution in [0.5, 0.6) is 0 Å². The minimum atomic E-state index is -0.352. The van der Waals surface area contributed by atoms with Gasteiger partial charge in [-0.2, -0.15) is 5.10 Å². The number of aromatic nitrogens is 4. The van der Waals surface area contributed by atoms with Gasteiger partial charge in [-0.25, -0.2) is 14.1 Å². The van der Waals surface area contributed by atoms with E-state index < -0.39 is 0 Å². The van der Waals surface area contributed by atoms with Gasteiger partial charge in [0.25, 0.3) is 0 Å². The summed E-state index contributed by atoms with van der Waals surface area (Å²) in [6.07, 6.45) is 4.26. The third-order valence-corrected chi connectivity index (χ3v) is 2.75. The Hall–Kier alpha value is -1.82. The second-order valence-electron chi connectivity index (χ2n) is 4.28. The predicted molar refractivity (Wildman–Crippen MR) is 65.5 cm³/mol. The first-order chi connectivity index (χ1) is 8.65. The van der Waals surface area contributed by atoms with Crippen LogP contribution in [-0.4, -0.2) is 26.8 Å². The standard InChI is InChI=1S/C12H16FN5/c1-8(2)18-12(16-7-17-18)11(14-3)9-4-5-15-6-10(9)13/h4-8,11,14H,1-3H3. The number of pyridine rings is 1. The van der Waals surface area contributed by atoms with Crippen molar-refractivity contribution < 1.29 is 4.39 Å². The van der Waals surface area contributed by atoms with Crippen LogP contribution in [0.1, 0.15) is 37.3 Å². The SMILES string of the molecule is CNC(c1ccncc1F)c1ncnn1C(C)C. The molecular weight excluding hydrogens is 233 g/mol. The van der Waals surface area contributed by atoms with Gasteiger partial charge in [-0.1, -0.05) is 0 Å². The molecule has 96 valence electrons. The molecule has 0 bridgehead atoms. The Morgan fingerprint density at radius 2 is 2.17 bits per heavy atom.